The third kappa shape index (κ3) is 1.90. The standard InChI is InChI=1S/C12H23N/c1-9-5-4-8-11(12(9)13)10-6-2-3-7-10/h9-12H,2-8,13H2,1H3. The van der Waals surface area contributed by atoms with Crippen molar-refractivity contribution in [2.75, 3.05) is 0 Å². The molecule has 13 heavy (non-hydrogen) atoms. The zero-order chi connectivity index (χ0) is 9.26. The zero-order valence-corrected chi connectivity index (χ0v) is 8.84. The molecule has 2 saturated carbocycles. The first kappa shape index (κ1) is 9.51. The highest BCUT2D eigenvalue weighted by Gasteiger charge is 2.34. The largest absolute Gasteiger partial charge is 0.327 e. The predicted molar refractivity (Wildman–Crippen MR) is 56.4 cm³/mol. The van der Waals surface area contributed by atoms with Gasteiger partial charge in [0.15, 0.2) is 0 Å². The first-order valence-corrected chi connectivity index (χ1v) is 6.04. The first-order chi connectivity index (χ1) is 6.29. The number of rotatable bonds is 1. The average molecular weight is 181 g/mol. The van der Waals surface area contributed by atoms with E-state index in [9.17, 15) is 0 Å². The summed E-state index contributed by atoms with van der Waals surface area (Å²) in [4.78, 5) is 0. The number of nitrogens with two attached hydrogens (primary N) is 1. The van der Waals surface area contributed by atoms with Crippen LogP contribution in [0.4, 0.5) is 0 Å². The van der Waals surface area contributed by atoms with Gasteiger partial charge in [-0.05, 0) is 30.6 Å². The van der Waals surface area contributed by atoms with E-state index in [1.165, 1.54) is 44.9 Å². The van der Waals surface area contributed by atoms with Gasteiger partial charge in [0, 0.05) is 6.04 Å². The molecule has 2 fully saturated rings. The summed E-state index contributed by atoms with van der Waals surface area (Å²) in [7, 11) is 0. The average Bonchev–Trinajstić information content (AvgIpc) is 2.62. The molecule has 76 valence electrons. The molecule has 2 N–H and O–H groups in total. The van der Waals surface area contributed by atoms with Gasteiger partial charge < -0.3 is 5.73 Å². The molecule has 2 aliphatic rings. The fourth-order valence-corrected chi connectivity index (χ4v) is 3.42. The molecule has 0 aromatic rings. The third-order valence-electron chi connectivity index (χ3n) is 4.35. The quantitative estimate of drug-likeness (QED) is 0.661. The van der Waals surface area contributed by atoms with Crippen LogP contribution in [-0.2, 0) is 0 Å². The lowest BCUT2D eigenvalue weighted by atomic mass is 9.72. The summed E-state index contributed by atoms with van der Waals surface area (Å²) in [5.41, 5.74) is 6.30. The van der Waals surface area contributed by atoms with Crippen molar-refractivity contribution in [1.29, 1.82) is 0 Å². The van der Waals surface area contributed by atoms with Crippen molar-refractivity contribution in [2.24, 2.45) is 23.5 Å². The minimum Gasteiger partial charge on any atom is -0.327 e. The van der Waals surface area contributed by atoms with E-state index >= 15 is 0 Å². The van der Waals surface area contributed by atoms with Gasteiger partial charge in [0.05, 0.1) is 0 Å². The third-order valence-corrected chi connectivity index (χ3v) is 4.35. The van der Waals surface area contributed by atoms with Crippen LogP contribution in [0.3, 0.4) is 0 Å². The van der Waals surface area contributed by atoms with Crippen molar-refractivity contribution in [2.45, 2.75) is 57.9 Å². The predicted octanol–water partition coefficient (Wildman–Crippen LogP) is 2.94. The summed E-state index contributed by atoms with van der Waals surface area (Å²) in [6, 6.07) is 0.511. The summed E-state index contributed by atoms with van der Waals surface area (Å²) < 4.78 is 0. The lowest BCUT2D eigenvalue weighted by Gasteiger charge is -2.37. The second-order valence-electron chi connectivity index (χ2n) is 5.19. The highest BCUT2D eigenvalue weighted by Crippen LogP contribution is 2.40. The second kappa shape index (κ2) is 4.00. The van der Waals surface area contributed by atoms with E-state index in [4.69, 9.17) is 5.73 Å². The maximum atomic E-state index is 6.30. The Kier molecular flexibility index (Phi) is 2.92. The van der Waals surface area contributed by atoms with Crippen molar-refractivity contribution in [3.8, 4) is 0 Å². The lowest BCUT2D eigenvalue weighted by molar-refractivity contribution is 0.169. The van der Waals surface area contributed by atoms with E-state index < -0.39 is 0 Å². The molecule has 0 saturated heterocycles. The van der Waals surface area contributed by atoms with Gasteiger partial charge >= 0.3 is 0 Å². The minimum atomic E-state index is 0.511. The molecule has 0 amide bonds. The van der Waals surface area contributed by atoms with E-state index in [1.807, 2.05) is 0 Å². The van der Waals surface area contributed by atoms with E-state index in [0.29, 0.717) is 6.04 Å². The van der Waals surface area contributed by atoms with Crippen molar-refractivity contribution in [3.63, 3.8) is 0 Å². The van der Waals surface area contributed by atoms with E-state index in [2.05, 4.69) is 6.92 Å². The summed E-state index contributed by atoms with van der Waals surface area (Å²) in [6.45, 7) is 2.34. The normalized spacial score (nSPS) is 42.5. The molecule has 0 aliphatic heterocycles. The van der Waals surface area contributed by atoms with Gasteiger partial charge in [0.25, 0.3) is 0 Å². The summed E-state index contributed by atoms with van der Waals surface area (Å²) in [6.07, 6.45) is 10.1. The van der Waals surface area contributed by atoms with Crippen LogP contribution in [0, 0.1) is 17.8 Å². The molecule has 0 aromatic carbocycles. The lowest BCUT2D eigenvalue weighted by Crippen LogP contribution is -2.42. The van der Waals surface area contributed by atoms with Crippen LogP contribution in [0.15, 0.2) is 0 Å². The Morgan fingerprint density at radius 3 is 2.31 bits per heavy atom. The van der Waals surface area contributed by atoms with Crippen LogP contribution in [0.25, 0.3) is 0 Å². The molecule has 1 nitrogen and oxygen atoms in total. The van der Waals surface area contributed by atoms with Crippen molar-refractivity contribution < 1.29 is 0 Å². The molecule has 0 heterocycles. The molecule has 0 spiro atoms. The molecule has 1 heteroatoms. The van der Waals surface area contributed by atoms with E-state index in [-0.39, 0.29) is 0 Å². The fraction of sp³-hybridized carbons (Fsp3) is 1.00. The van der Waals surface area contributed by atoms with Crippen LogP contribution >= 0.6 is 0 Å². The second-order valence-corrected chi connectivity index (χ2v) is 5.19. The Labute approximate surface area is 82.1 Å². The van der Waals surface area contributed by atoms with Gasteiger partial charge in [-0.1, -0.05) is 39.0 Å². The molecule has 3 unspecified atom stereocenters. The molecule has 0 aromatic heterocycles. The highest BCUT2D eigenvalue weighted by molar-refractivity contribution is 4.88. The van der Waals surface area contributed by atoms with Gasteiger partial charge in [0.2, 0.25) is 0 Å². The van der Waals surface area contributed by atoms with Gasteiger partial charge in [-0.2, -0.15) is 0 Å². The van der Waals surface area contributed by atoms with Gasteiger partial charge in [-0.3, -0.25) is 0 Å². The van der Waals surface area contributed by atoms with Crippen molar-refractivity contribution in [1.82, 2.24) is 0 Å². The van der Waals surface area contributed by atoms with Crippen molar-refractivity contribution >= 4 is 0 Å². The van der Waals surface area contributed by atoms with Crippen LogP contribution in [0.1, 0.15) is 51.9 Å². The summed E-state index contributed by atoms with van der Waals surface area (Å²) in [5.74, 6) is 2.63. The van der Waals surface area contributed by atoms with Gasteiger partial charge in [-0.15, -0.1) is 0 Å². The Bertz CT molecular complexity index is 159. The zero-order valence-electron chi connectivity index (χ0n) is 8.84. The Balaban J connectivity index is 1.95. The Morgan fingerprint density at radius 2 is 1.62 bits per heavy atom. The molecule has 2 rings (SSSR count). The smallest absolute Gasteiger partial charge is 0.00956 e. The van der Waals surface area contributed by atoms with Crippen molar-refractivity contribution in [3.05, 3.63) is 0 Å². The minimum absolute atomic E-state index is 0.511. The van der Waals surface area contributed by atoms with Crippen LogP contribution < -0.4 is 5.73 Å². The fourth-order valence-electron chi connectivity index (χ4n) is 3.42. The molecule has 3 atom stereocenters. The maximum absolute atomic E-state index is 6.30. The molecule has 2 aliphatic carbocycles. The monoisotopic (exact) mass is 181 g/mol. The van der Waals surface area contributed by atoms with E-state index in [1.54, 1.807) is 0 Å². The highest BCUT2D eigenvalue weighted by atomic mass is 14.7. The van der Waals surface area contributed by atoms with Crippen LogP contribution in [0.2, 0.25) is 0 Å². The van der Waals surface area contributed by atoms with Crippen LogP contribution in [-0.4, -0.2) is 6.04 Å². The Morgan fingerprint density at radius 1 is 0.923 bits per heavy atom. The number of hydrogen-bond donors (Lipinski definition) is 1. The number of hydrogen-bond acceptors (Lipinski definition) is 1. The van der Waals surface area contributed by atoms with Gasteiger partial charge in [-0.25, -0.2) is 0 Å². The summed E-state index contributed by atoms with van der Waals surface area (Å²) >= 11 is 0. The topological polar surface area (TPSA) is 26.0 Å². The summed E-state index contributed by atoms with van der Waals surface area (Å²) in [5, 5.41) is 0. The van der Waals surface area contributed by atoms with E-state index in [0.717, 1.165) is 17.8 Å². The first-order valence-electron chi connectivity index (χ1n) is 6.04. The molecule has 0 bridgehead atoms. The molecular formula is C12H23N. The molecular weight excluding hydrogens is 158 g/mol. The van der Waals surface area contributed by atoms with Gasteiger partial charge in [0.1, 0.15) is 0 Å². The van der Waals surface area contributed by atoms with Crippen LogP contribution in [0.5, 0.6) is 0 Å². The maximum Gasteiger partial charge on any atom is 0.00956 e. The SMILES string of the molecule is CC1CCCC(C2CCCC2)C1N. The molecule has 0 radical (unpaired) electrons. The Hall–Kier alpha value is -0.0400.